The molecule has 0 amide bonds. The molecule has 0 fully saturated rings. The molecule has 0 atom stereocenters. The van der Waals surface area contributed by atoms with Crippen LogP contribution >= 0.6 is 0 Å². The van der Waals surface area contributed by atoms with Crippen molar-refractivity contribution in [2.24, 2.45) is 5.73 Å². The van der Waals surface area contributed by atoms with Crippen LogP contribution in [0.3, 0.4) is 0 Å². The molecule has 0 aliphatic carbocycles. The van der Waals surface area contributed by atoms with Crippen LogP contribution in [0.4, 0.5) is 0 Å². The van der Waals surface area contributed by atoms with Gasteiger partial charge in [-0.15, -0.1) is 0 Å². The number of phenols is 1. The van der Waals surface area contributed by atoms with Crippen molar-refractivity contribution in [3.63, 3.8) is 0 Å². The SMILES string of the molecule is NCCCOCc1cccc(O)c1. The summed E-state index contributed by atoms with van der Waals surface area (Å²) in [6.45, 7) is 1.86. The van der Waals surface area contributed by atoms with Gasteiger partial charge in [-0.25, -0.2) is 0 Å². The van der Waals surface area contributed by atoms with Crippen molar-refractivity contribution in [3.8, 4) is 5.75 Å². The van der Waals surface area contributed by atoms with E-state index in [9.17, 15) is 0 Å². The minimum Gasteiger partial charge on any atom is -0.508 e. The van der Waals surface area contributed by atoms with E-state index in [1.54, 1.807) is 18.2 Å². The van der Waals surface area contributed by atoms with Crippen molar-refractivity contribution in [1.29, 1.82) is 0 Å². The number of rotatable bonds is 5. The maximum Gasteiger partial charge on any atom is 0.115 e. The largest absolute Gasteiger partial charge is 0.508 e. The van der Waals surface area contributed by atoms with Gasteiger partial charge >= 0.3 is 0 Å². The molecule has 0 unspecified atom stereocenters. The maximum absolute atomic E-state index is 9.14. The standard InChI is InChI=1S/C10H15NO2/c11-5-2-6-13-8-9-3-1-4-10(12)7-9/h1,3-4,7,12H,2,5-6,8,11H2. The second-order valence-corrected chi connectivity index (χ2v) is 2.86. The predicted molar refractivity (Wildman–Crippen MR) is 51.4 cm³/mol. The summed E-state index contributed by atoms with van der Waals surface area (Å²) >= 11 is 0. The normalized spacial score (nSPS) is 10.2. The summed E-state index contributed by atoms with van der Waals surface area (Å²) in [5.74, 6) is 0.278. The van der Waals surface area contributed by atoms with Crippen LogP contribution in [0.15, 0.2) is 24.3 Å². The summed E-state index contributed by atoms with van der Waals surface area (Å²) in [5, 5.41) is 9.14. The zero-order valence-electron chi connectivity index (χ0n) is 7.57. The Labute approximate surface area is 78.1 Å². The summed E-state index contributed by atoms with van der Waals surface area (Å²) in [6.07, 6.45) is 0.874. The van der Waals surface area contributed by atoms with Crippen molar-refractivity contribution in [2.45, 2.75) is 13.0 Å². The summed E-state index contributed by atoms with van der Waals surface area (Å²) < 4.78 is 5.32. The second kappa shape index (κ2) is 5.56. The Hall–Kier alpha value is -1.06. The van der Waals surface area contributed by atoms with E-state index in [0.29, 0.717) is 19.8 Å². The third-order valence-corrected chi connectivity index (χ3v) is 1.67. The number of hydrogen-bond donors (Lipinski definition) is 2. The smallest absolute Gasteiger partial charge is 0.115 e. The lowest BCUT2D eigenvalue weighted by Gasteiger charge is -2.03. The fourth-order valence-electron chi connectivity index (χ4n) is 1.02. The Kier molecular flexibility index (Phi) is 4.29. The van der Waals surface area contributed by atoms with Crippen LogP contribution in [0.5, 0.6) is 5.75 Å². The molecule has 0 spiro atoms. The van der Waals surface area contributed by atoms with E-state index in [0.717, 1.165) is 12.0 Å². The number of nitrogens with two attached hydrogens (primary N) is 1. The zero-order chi connectivity index (χ0) is 9.52. The van der Waals surface area contributed by atoms with Crippen LogP contribution in [0.1, 0.15) is 12.0 Å². The fraction of sp³-hybridized carbons (Fsp3) is 0.400. The minimum atomic E-state index is 0.278. The average molecular weight is 181 g/mol. The van der Waals surface area contributed by atoms with Crippen molar-refractivity contribution >= 4 is 0 Å². The first-order valence-electron chi connectivity index (χ1n) is 4.38. The summed E-state index contributed by atoms with van der Waals surface area (Å²) in [5.41, 5.74) is 6.30. The van der Waals surface area contributed by atoms with Gasteiger partial charge in [0.1, 0.15) is 5.75 Å². The third-order valence-electron chi connectivity index (χ3n) is 1.67. The van der Waals surface area contributed by atoms with E-state index in [4.69, 9.17) is 15.6 Å². The molecule has 72 valence electrons. The number of phenolic OH excluding ortho intramolecular Hbond substituents is 1. The van der Waals surface area contributed by atoms with Crippen LogP contribution in [0, 0.1) is 0 Å². The summed E-state index contributed by atoms with van der Waals surface area (Å²) in [6, 6.07) is 7.06. The van der Waals surface area contributed by atoms with Crippen LogP contribution in [0.25, 0.3) is 0 Å². The molecule has 0 radical (unpaired) electrons. The van der Waals surface area contributed by atoms with Crippen LogP contribution in [0.2, 0.25) is 0 Å². The highest BCUT2D eigenvalue weighted by Crippen LogP contribution is 2.11. The molecule has 1 rings (SSSR count). The van der Waals surface area contributed by atoms with Gasteiger partial charge in [-0.05, 0) is 30.7 Å². The fourth-order valence-corrected chi connectivity index (χ4v) is 1.02. The predicted octanol–water partition coefficient (Wildman–Crippen LogP) is 1.26. The number of ether oxygens (including phenoxy) is 1. The van der Waals surface area contributed by atoms with Gasteiger partial charge in [-0.2, -0.15) is 0 Å². The van der Waals surface area contributed by atoms with Gasteiger partial charge in [0.15, 0.2) is 0 Å². The van der Waals surface area contributed by atoms with Gasteiger partial charge < -0.3 is 15.6 Å². The first kappa shape index (κ1) is 10.0. The molecule has 0 saturated heterocycles. The van der Waals surface area contributed by atoms with Gasteiger partial charge in [0.05, 0.1) is 6.61 Å². The third kappa shape index (κ3) is 3.92. The molecule has 3 nitrogen and oxygen atoms in total. The van der Waals surface area contributed by atoms with Gasteiger partial charge in [0, 0.05) is 6.61 Å². The van der Waals surface area contributed by atoms with Crippen LogP contribution in [-0.2, 0) is 11.3 Å². The molecule has 1 aromatic carbocycles. The zero-order valence-corrected chi connectivity index (χ0v) is 7.57. The Balaban J connectivity index is 2.28. The Morgan fingerprint density at radius 3 is 2.92 bits per heavy atom. The number of benzene rings is 1. The Morgan fingerprint density at radius 2 is 2.23 bits per heavy atom. The molecule has 3 N–H and O–H groups in total. The van der Waals surface area contributed by atoms with Gasteiger partial charge in [-0.1, -0.05) is 12.1 Å². The first-order chi connectivity index (χ1) is 6.33. The highest BCUT2D eigenvalue weighted by Gasteiger charge is 1.93. The van der Waals surface area contributed by atoms with Crippen molar-refractivity contribution in [2.75, 3.05) is 13.2 Å². The minimum absolute atomic E-state index is 0.278. The van der Waals surface area contributed by atoms with E-state index in [2.05, 4.69) is 0 Å². The lowest BCUT2D eigenvalue weighted by Crippen LogP contribution is -2.04. The van der Waals surface area contributed by atoms with E-state index in [1.807, 2.05) is 6.07 Å². The quantitative estimate of drug-likeness (QED) is 0.672. The average Bonchev–Trinajstić information content (AvgIpc) is 2.13. The second-order valence-electron chi connectivity index (χ2n) is 2.86. The monoisotopic (exact) mass is 181 g/mol. The molecular formula is C10H15NO2. The Bertz CT molecular complexity index is 250. The highest BCUT2D eigenvalue weighted by molar-refractivity contribution is 5.26. The lowest BCUT2D eigenvalue weighted by atomic mass is 10.2. The summed E-state index contributed by atoms with van der Waals surface area (Å²) in [4.78, 5) is 0. The molecule has 3 heteroatoms. The van der Waals surface area contributed by atoms with Crippen molar-refractivity contribution in [3.05, 3.63) is 29.8 Å². The highest BCUT2D eigenvalue weighted by atomic mass is 16.5. The Morgan fingerprint density at radius 1 is 1.38 bits per heavy atom. The first-order valence-corrected chi connectivity index (χ1v) is 4.38. The molecular weight excluding hydrogens is 166 g/mol. The van der Waals surface area contributed by atoms with Crippen molar-refractivity contribution < 1.29 is 9.84 Å². The molecule has 0 aliphatic rings. The molecule has 0 aliphatic heterocycles. The van der Waals surface area contributed by atoms with E-state index in [-0.39, 0.29) is 5.75 Å². The number of hydrogen-bond acceptors (Lipinski definition) is 3. The molecule has 0 heterocycles. The molecule has 0 aromatic heterocycles. The van der Waals surface area contributed by atoms with E-state index < -0.39 is 0 Å². The van der Waals surface area contributed by atoms with Crippen LogP contribution < -0.4 is 5.73 Å². The van der Waals surface area contributed by atoms with Gasteiger partial charge in [0.25, 0.3) is 0 Å². The lowest BCUT2D eigenvalue weighted by molar-refractivity contribution is 0.120. The molecule has 13 heavy (non-hydrogen) atoms. The van der Waals surface area contributed by atoms with E-state index >= 15 is 0 Å². The van der Waals surface area contributed by atoms with Gasteiger partial charge in [-0.3, -0.25) is 0 Å². The van der Waals surface area contributed by atoms with E-state index in [1.165, 1.54) is 0 Å². The summed E-state index contributed by atoms with van der Waals surface area (Å²) in [7, 11) is 0. The maximum atomic E-state index is 9.14. The van der Waals surface area contributed by atoms with Crippen LogP contribution in [-0.4, -0.2) is 18.3 Å². The molecule has 0 bridgehead atoms. The molecule has 0 saturated carbocycles. The molecule has 1 aromatic rings. The van der Waals surface area contributed by atoms with Crippen molar-refractivity contribution in [1.82, 2.24) is 0 Å². The van der Waals surface area contributed by atoms with Gasteiger partial charge in [0.2, 0.25) is 0 Å². The topological polar surface area (TPSA) is 55.5 Å². The number of aromatic hydroxyl groups is 1.